The summed E-state index contributed by atoms with van der Waals surface area (Å²) < 4.78 is 39.4. The first kappa shape index (κ1) is 15.4. The monoisotopic (exact) mass is 298 g/mol. The van der Waals surface area contributed by atoms with Crippen LogP contribution >= 0.6 is 0 Å². The van der Waals surface area contributed by atoms with E-state index in [9.17, 15) is 18.0 Å². The number of fused-ring (bicyclic) bond motifs is 1. The Balaban J connectivity index is 2.22. The first-order valence-electron chi connectivity index (χ1n) is 6.65. The lowest BCUT2D eigenvalue weighted by Crippen LogP contribution is -2.37. The highest BCUT2D eigenvalue weighted by Gasteiger charge is 2.31. The van der Waals surface area contributed by atoms with Crippen LogP contribution in [0.4, 0.5) is 13.2 Å². The Hall–Kier alpha value is -1.98. The molecule has 0 fully saturated rings. The van der Waals surface area contributed by atoms with E-state index in [-0.39, 0.29) is 18.3 Å². The molecule has 1 aromatic heterocycles. The van der Waals surface area contributed by atoms with Crippen molar-refractivity contribution < 1.29 is 18.0 Å². The van der Waals surface area contributed by atoms with Crippen LogP contribution in [0, 0.1) is 5.82 Å². The molecular formula is C15H17F3N2O. The summed E-state index contributed by atoms with van der Waals surface area (Å²) in [7, 11) is 0. The van der Waals surface area contributed by atoms with Gasteiger partial charge in [0, 0.05) is 23.5 Å². The topological polar surface area (TPSA) is 44.9 Å². The number of nitrogens with one attached hydrogen (secondary N) is 2. The number of halogens is 3. The third kappa shape index (κ3) is 3.37. The fraction of sp³-hybridized carbons (Fsp3) is 0.400. The Morgan fingerprint density at radius 1 is 1.33 bits per heavy atom. The van der Waals surface area contributed by atoms with Crippen LogP contribution in [0.15, 0.2) is 18.2 Å². The van der Waals surface area contributed by atoms with Crippen molar-refractivity contribution in [2.75, 3.05) is 0 Å². The molecule has 0 atom stereocenters. The molecule has 2 rings (SSSR count). The molecule has 21 heavy (non-hydrogen) atoms. The Morgan fingerprint density at radius 3 is 2.57 bits per heavy atom. The predicted molar refractivity (Wildman–Crippen MR) is 74.8 cm³/mol. The summed E-state index contributed by atoms with van der Waals surface area (Å²) in [5, 5.41) is 2.78. The van der Waals surface area contributed by atoms with E-state index in [4.69, 9.17) is 0 Å². The average molecular weight is 298 g/mol. The number of amides is 1. The molecule has 3 nitrogen and oxygen atoms in total. The van der Waals surface area contributed by atoms with Crippen molar-refractivity contribution in [2.24, 2.45) is 0 Å². The summed E-state index contributed by atoms with van der Waals surface area (Å²) in [5.41, 5.74) is 1.84. The number of H-pyrrole nitrogens is 1. The van der Waals surface area contributed by atoms with E-state index < -0.39 is 11.8 Å². The maximum Gasteiger partial charge on any atom is 0.321 e. The fourth-order valence-corrected chi connectivity index (χ4v) is 2.10. The molecule has 1 aromatic carbocycles. The van der Waals surface area contributed by atoms with Gasteiger partial charge in [0.1, 0.15) is 5.82 Å². The number of aromatic amines is 1. The van der Waals surface area contributed by atoms with Crippen LogP contribution in [0.25, 0.3) is 10.9 Å². The molecular weight excluding hydrogens is 281 g/mol. The van der Waals surface area contributed by atoms with E-state index in [1.165, 1.54) is 6.07 Å². The van der Waals surface area contributed by atoms with E-state index in [1.54, 1.807) is 12.1 Å². The molecule has 0 saturated carbocycles. The number of aromatic nitrogens is 1. The van der Waals surface area contributed by atoms with Crippen LogP contribution in [-0.4, -0.2) is 16.8 Å². The van der Waals surface area contributed by atoms with Gasteiger partial charge < -0.3 is 10.3 Å². The van der Waals surface area contributed by atoms with Crippen molar-refractivity contribution in [1.29, 1.82) is 0 Å². The van der Waals surface area contributed by atoms with Gasteiger partial charge in [-0.2, -0.15) is 8.78 Å². The smallest absolute Gasteiger partial charge is 0.321 e. The minimum absolute atomic E-state index is 0.0413. The van der Waals surface area contributed by atoms with Gasteiger partial charge in [0.05, 0.1) is 6.54 Å². The number of rotatable bonds is 4. The summed E-state index contributed by atoms with van der Waals surface area (Å²) in [6, 6.07) is 4.74. The number of carbonyl (C=O) groups is 1. The van der Waals surface area contributed by atoms with Gasteiger partial charge in [-0.1, -0.05) is 13.8 Å². The predicted octanol–water partition coefficient (Wildman–Crippen LogP) is 3.70. The Morgan fingerprint density at radius 2 is 2.00 bits per heavy atom. The number of hydrogen-bond donors (Lipinski definition) is 2. The molecule has 1 amide bonds. The lowest BCUT2D eigenvalue weighted by molar-refractivity contribution is -0.143. The molecule has 1 heterocycles. The number of alkyl halides is 2. The van der Waals surface area contributed by atoms with E-state index in [0.29, 0.717) is 29.1 Å². The number of benzene rings is 1. The largest absolute Gasteiger partial charge is 0.357 e. The first-order chi connectivity index (χ1) is 9.68. The number of hydrogen-bond acceptors (Lipinski definition) is 1. The average Bonchev–Trinajstić information content (AvgIpc) is 2.75. The second kappa shape index (κ2) is 5.42. The highest BCUT2D eigenvalue weighted by molar-refractivity contribution is 5.84. The highest BCUT2D eigenvalue weighted by atomic mass is 19.3. The molecule has 0 bridgehead atoms. The summed E-state index contributed by atoms with van der Waals surface area (Å²) in [5.74, 6) is -5.01. The minimum atomic E-state index is -3.41. The van der Waals surface area contributed by atoms with Crippen LogP contribution in [0.2, 0.25) is 0 Å². The lowest BCUT2D eigenvalue weighted by atomic mass is 10.0. The van der Waals surface area contributed by atoms with Gasteiger partial charge in [0.25, 0.3) is 5.91 Å². The molecule has 2 aromatic rings. The summed E-state index contributed by atoms with van der Waals surface area (Å²) in [4.78, 5) is 14.1. The third-order valence-corrected chi connectivity index (χ3v) is 3.25. The zero-order valence-electron chi connectivity index (χ0n) is 12.1. The summed E-state index contributed by atoms with van der Waals surface area (Å²) >= 11 is 0. The third-order valence-electron chi connectivity index (χ3n) is 3.25. The number of carbonyl (C=O) groups excluding carboxylic acids is 1. The van der Waals surface area contributed by atoms with Crippen molar-refractivity contribution in [3.8, 4) is 0 Å². The van der Waals surface area contributed by atoms with Crippen molar-refractivity contribution in [3.63, 3.8) is 0 Å². The van der Waals surface area contributed by atoms with E-state index in [2.05, 4.69) is 10.3 Å². The molecule has 0 aliphatic rings. The van der Waals surface area contributed by atoms with Crippen LogP contribution < -0.4 is 5.32 Å². The zero-order valence-corrected chi connectivity index (χ0v) is 12.1. The molecule has 0 radical (unpaired) electrons. The normalized spacial score (nSPS) is 12.1. The molecule has 0 spiro atoms. The minimum Gasteiger partial charge on any atom is -0.357 e. The van der Waals surface area contributed by atoms with Crippen molar-refractivity contribution in [2.45, 2.75) is 39.2 Å². The van der Waals surface area contributed by atoms with E-state index >= 15 is 0 Å². The zero-order chi connectivity index (χ0) is 15.8. The van der Waals surface area contributed by atoms with Crippen molar-refractivity contribution in [3.05, 3.63) is 35.3 Å². The van der Waals surface area contributed by atoms with Crippen LogP contribution in [-0.2, 0) is 11.3 Å². The van der Waals surface area contributed by atoms with Gasteiger partial charge in [-0.25, -0.2) is 4.39 Å². The van der Waals surface area contributed by atoms with Gasteiger partial charge in [0.15, 0.2) is 0 Å². The van der Waals surface area contributed by atoms with Gasteiger partial charge in [-0.15, -0.1) is 0 Å². The molecule has 6 heteroatoms. The van der Waals surface area contributed by atoms with Crippen molar-refractivity contribution >= 4 is 16.8 Å². The maximum atomic E-state index is 13.9. The quantitative estimate of drug-likeness (QED) is 0.888. The molecule has 0 aliphatic heterocycles. The van der Waals surface area contributed by atoms with Crippen LogP contribution in [0.3, 0.4) is 0 Å². The van der Waals surface area contributed by atoms with E-state index in [0.717, 1.165) is 0 Å². The fourth-order valence-electron chi connectivity index (χ4n) is 2.10. The summed E-state index contributed by atoms with van der Waals surface area (Å²) in [6.07, 6.45) is 0. The van der Waals surface area contributed by atoms with Gasteiger partial charge >= 0.3 is 5.92 Å². The first-order valence-corrected chi connectivity index (χ1v) is 6.65. The van der Waals surface area contributed by atoms with Crippen LogP contribution in [0.1, 0.15) is 37.9 Å². The molecule has 114 valence electrons. The maximum absolute atomic E-state index is 13.9. The SMILES string of the molecule is CC(C)c1cc2[nH]c(CNC(=O)C(C)(F)F)cc2cc1F. The summed E-state index contributed by atoms with van der Waals surface area (Å²) in [6.45, 7) is 4.25. The standard InChI is InChI=1S/C15H17F3N2O/c1-8(2)11-6-13-9(5-12(11)16)4-10(20-13)7-19-14(21)15(3,17)18/h4-6,8,20H,7H2,1-3H3,(H,19,21). The Labute approximate surface area is 120 Å². The van der Waals surface area contributed by atoms with Gasteiger partial charge in [-0.05, 0) is 29.7 Å². The lowest BCUT2D eigenvalue weighted by Gasteiger charge is -2.09. The molecule has 0 saturated heterocycles. The second-order valence-corrected chi connectivity index (χ2v) is 5.48. The van der Waals surface area contributed by atoms with Gasteiger partial charge in [-0.3, -0.25) is 4.79 Å². The van der Waals surface area contributed by atoms with Crippen LogP contribution in [0.5, 0.6) is 0 Å². The Bertz CT molecular complexity index is 671. The van der Waals surface area contributed by atoms with Gasteiger partial charge in [0.2, 0.25) is 0 Å². The molecule has 0 aliphatic carbocycles. The second-order valence-electron chi connectivity index (χ2n) is 5.48. The molecule has 2 N–H and O–H groups in total. The van der Waals surface area contributed by atoms with E-state index in [1.807, 2.05) is 13.8 Å². The highest BCUT2D eigenvalue weighted by Crippen LogP contribution is 2.25. The Kier molecular flexibility index (Phi) is 3.98. The molecule has 0 unspecified atom stereocenters. The van der Waals surface area contributed by atoms with Crippen molar-refractivity contribution in [1.82, 2.24) is 10.3 Å².